The van der Waals surface area contributed by atoms with E-state index in [0.717, 1.165) is 0 Å². The summed E-state index contributed by atoms with van der Waals surface area (Å²) in [6, 6.07) is 0. The van der Waals surface area contributed by atoms with Gasteiger partial charge in [-0.05, 0) is 12.3 Å². The van der Waals surface area contributed by atoms with Gasteiger partial charge >= 0.3 is 0 Å². The van der Waals surface area contributed by atoms with Crippen LogP contribution in [-0.2, 0) is 0 Å². The summed E-state index contributed by atoms with van der Waals surface area (Å²) in [7, 11) is 5.27. The molecule has 0 aromatic rings. The van der Waals surface area contributed by atoms with E-state index in [1.54, 1.807) is 0 Å². The van der Waals surface area contributed by atoms with Gasteiger partial charge in [-0.1, -0.05) is 14.9 Å². The van der Waals surface area contributed by atoms with Crippen LogP contribution in [0.4, 0.5) is 0 Å². The van der Waals surface area contributed by atoms with Crippen molar-refractivity contribution in [3.05, 3.63) is 0 Å². The molecule has 0 saturated heterocycles. The van der Waals surface area contributed by atoms with E-state index in [1.165, 1.54) is 12.3 Å². The first-order chi connectivity index (χ1) is 1.91. The molecule has 0 aliphatic carbocycles. The first-order valence-electron chi connectivity index (χ1n) is 1.32. The van der Waals surface area contributed by atoms with Gasteiger partial charge in [-0.3, -0.25) is 0 Å². The van der Waals surface area contributed by atoms with Crippen LogP contribution in [0.25, 0.3) is 0 Å². The van der Waals surface area contributed by atoms with Crippen LogP contribution in [0.3, 0.4) is 0 Å². The number of hydrogen-bond donors (Lipinski definition) is 0. The smallest absolute Gasteiger partial charge is 0 e. The van der Waals surface area contributed by atoms with Gasteiger partial charge in [-0.2, -0.15) is 0 Å². The molecule has 0 radical (unpaired) electrons. The summed E-state index contributed by atoms with van der Waals surface area (Å²) in [5, 5.41) is 0. The second-order valence-electron chi connectivity index (χ2n) is 0.577. The van der Waals surface area contributed by atoms with E-state index in [9.17, 15) is 0 Å². The fourth-order valence-electron chi connectivity index (χ4n) is 0. The Morgan fingerprint density at radius 2 is 0.700 bits per heavy atom. The average molecular weight is 286 g/mol. The second-order valence-corrected chi connectivity index (χ2v) is 1.73. The Balaban J connectivity index is -0.00000000300. The van der Waals surface area contributed by atoms with Gasteiger partial charge in [-0.25, -0.2) is 0 Å². The minimum atomic E-state index is 0. The van der Waals surface area contributed by atoms with Gasteiger partial charge in [0.25, 0.3) is 0 Å². The van der Waals surface area contributed by atoms with Crippen LogP contribution >= 0.6 is 18.5 Å². The largest absolute Gasteiger partial charge is 0.137 e. The van der Waals surface area contributed by atoms with E-state index in [0.29, 0.717) is 0 Å². The summed E-state index contributed by atoms with van der Waals surface area (Å²) < 4.78 is 0. The molecule has 2 unspecified atom stereocenters. The molecular weight excluding hydrogens is 270 g/mol. The van der Waals surface area contributed by atoms with Crippen molar-refractivity contribution >= 4 is 18.5 Å². The molecule has 2 atom stereocenters. The van der Waals surface area contributed by atoms with Crippen molar-refractivity contribution in [3.63, 3.8) is 0 Å². The Morgan fingerprint density at radius 1 is 0.600 bits per heavy atom. The maximum absolute atomic E-state index is 2.63. The van der Waals surface area contributed by atoms with Crippen LogP contribution in [-0.4, -0.2) is 12.3 Å². The molecule has 0 aliphatic heterocycles. The Labute approximate surface area is 191 Å². The van der Waals surface area contributed by atoms with E-state index >= 15 is 0 Å². The zero-order chi connectivity index (χ0) is 3.41. The monoisotopic (exact) mass is 286 g/mol. The summed E-state index contributed by atoms with van der Waals surface area (Å²) in [6.07, 6.45) is 2.40. The Bertz CT molecular complexity index is 17.2. The Kier molecular flexibility index (Phi) is 206. The fourth-order valence-corrected chi connectivity index (χ4v) is 0. The maximum Gasteiger partial charge on any atom is 0 e. The molecule has 0 heterocycles. The van der Waals surface area contributed by atoms with Crippen LogP contribution in [0.15, 0.2) is 0 Å². The molecule has 0 fully saturated rings. The van der Waals surface area contributed by atoms with E-state index in [2.05, 4.69) is 18.5 Å². The van der Waals surface area contributed by atoms with E-state index in [1.807, 2.05) is 0 Å². The van der Waals surface area contributed by atoms with Gasteiger partial charge in [0, 0.05) is 151 Å². The zero-order valence-electron chi connectivity index (χ0n) is 3.98. The molecule has 0 spiro atoms. The van der Waals surface area contributed by atoms with E-state index < -0.39 is 0 Å². The molecule has 0 amide bonds. The molecule has 0 bridgehead atoms. The Hall–Kier alpha value is 5.90. The van der Waals surface area contributed by atoms with Crippen molar-refractivity contribution in [1.82, 2.24) is 0 Å². The molecule has 0 N–H and O–H groups in total. The molecule has 0 nitrogen and oxygen atoms in total. The SMILES string of the molecule is C.C.PCCP.[Ar].[Ar].[Ar].[Ar]. The summed E-state index contributed by atoms with van der Waals surface area (Å²) >= 11 is 0. The predicted molar refractivity (Wildman–Crippen MR) is 42.6 cm³/mol. The van der Waals surface area contributed by atoms with Gasteiger partial charge in [0.1, 0.15) is 0 Å². The standard InChI is InChI=1S/C2H8P2.2CH4.4Ar/c3-1-2-4;;;;;;/h1-4H2;2*1H4;;;;. The quantitative estimate of drug-likeness (QED) is 0.647. The molecule has 0 aromatic carbocycles. The molecule has 0 rings (SSSR count). The topological polar surface area (TPSA) is 0 Å². The molecule has 74 valence electrons. The van der Waals surface area contributed by atoms with Gasteiger partial charge in [0.2, 0.25) is 0 Å². The van der Waals surface area contributed by atoms with Crippen molar-refractivity contribution in [2.45, 2.75) is 14.9 Å². The molecule has 10 heavy (non-hydrogen) atoms. The van der Waals surface area contributed by atoms with Crippen molar-refractivity contribution in [2.75, 3.05) is 12.3 Å². The maximum atomic E-state index is 2.63. The van der Waals surface area contributed by atoms with Gasteiger partial charge < -0.3 is 0 Å². The third kappa shape index (κ3) is 48.6. The van der Waals surface area contributed by atoms with Crippen LogP contribution in [0.1, 0.15) is 14.9 Å². The average Bonchev–Trinajstić information content (AvgIpc) is 1.37. The third-order valence-corrected chi connectivity index (χ3v) is 1.50. The van der Waals surface area contributed by atoms with Crippen LogP contribution < -0.4 is 0 Å². The zero-order valence-corrected chi connectivity index (χ0v) is 9.12. The van der Waals surface area contributed by atoms with Gasteiger partial charge in [0.05, 0.1) is 0 Å². The van der Waals surface area contributed by atoms with E-state index in [-0.39, 0.29) is 166 Å². The van der Waals surface area contributed by atoms with Crippen molar-refractivity contribution < 1.29 is 151 Å². The molecule has 6 heteroatoms. The summed E-state index contributed by atoms with van der Waals surface area (Å²) in [5.41, 5.74) is 0. The van der Waals surface area contributed by atoms with Crippen molar-refractivity contribution in [2.24, 2.45) is 0 Å². The normalized spacial score (nSPS) is 3.00. The first kappa shape index (κ1) is 44.6. The van der Waals surface area contributed by atoms with Crippen LogP contribution in [0, 0.1) is 151 Å². The minimum absolute atomic E-state index is 0. The molecular formula is C4H16Ar4P2. The van der Waals surface area contributed by atoms with Crippen LogP contribution in [0.5, 0.6) is 0 Å². The van der Waals surface area contributed by atoms with Crippen molar-refractivity contribution in [1.29, 1.82) is 0 Å². The third-order valence-electron chi connectivity index (χ3n) is 0.167. The first-order valence-corrected chi connectivity index (χ1v) is 2.95. The van der Waals surface area contributed by atoms with E-state index in [4.69, 9.17) is 0 Å². The van der Waals surface area contributed by atoms with Crippen molar-refractivity contribution in [3.8, 4) is 0 Å². The summed E-state index contributed by atoms with van der Waals surface area (Å²) in [6.45, 7) is 0. The molecule has 0 saturated carbocycles. The van der Waals surface area contributed by atoms with Gasteiger partial charge in [0.15, 0.2) is 0 Å². The minimum Gasteiger partial charge on any atom is -0.137 e. The summed E-state index contributed by atoms with van der Waals surface area (Å²) in [5.74, 6) is 0. The van der Waals surface area contributed by atoms with Gasteiger partial charge in [-0.15, -0.1) is 18.5 Å². The fraction of sp³-hybridized carbons (Fsp3) is 1.00. The molecule has 0 aromatic heterocycles. The Morgan fingerprint density at radius 3 is 0.700 bits per heavy atom. The number of rotatable bonds is 1. The van der Waals surface area contributed by atoms with Crippen LogP contribution in [0.2, 0.25) is 0 Å². The summed E-state index contributed by atoms with van der Waals surface area (Å²) in [4.78, 5) is 0. The number of hydrogen-bond acceptors (Lipinski definition) is 0. The second kappa shape index (κ2) is 46.1. The predicted octanol–water partition coefficient (Wildman–Crippen LogP) is 2.01. The molecule has 0 aliphatic rings.